The Morgan fingerprint density at radius 3 is 2.75 bits per heavy atom. The molecule has 0 amide bonds. The smallest absolute Gasteiger partial charge is 0.0137 e. The topological polar surface area (TPSA) is 15.3 Å². The molecule has 0 radical (unpaired) electrons. The largest absolute Gasteiger partial charge is 0.312 e. The molecule has 1 heterocycles. The molecule has 12 heavy (non-hydrogen) atoms. The van der Waals surface area contributed by atoms with Gasteiger partial charge in [-0.15, -0.1) is 0 Å². The van der Waals surface area contributed by atoms with Crippen molar-refractivity contribution >= 4 is 0 Å². The highest BCUT2D eigenvalue weighted by atomic mass is 15.1. The molecule has 0 saturated carbocycles. The zero-order valence-electron chi connectivity index (χ0n) is 8.69. The highest BCUT2D eigenvalue weighted by molar-refractivity contribution is 4.80. The molecule has 0 aromatic heterocycles. The van der Waals surface area contributed by atoms with Crippen molar-refractivity contribution < 1.29 is 0 Å². The quantitative estimate of drug-likeness (QED) is 0.641. The van der Waals surface area contributed by atoms with Gasteiger partial charge in [0.1, 0.15) is 0 Å². The number of nitrogens with zero attached hydrogens (tertiary/aromatic N) is 1. The second-order valence-corrected chi connectivity index (χ2v) is 4.35. The monoisotopic (exact) mass is 170 g/mol. The maximum atomic E-state index is 3.58. The van der Waals surface area contributed by atoms with Crippen molar-refractivity contribution in [3.63, 3.8) is 0 Å². The third-order valence-corrected chi connectivity index (χ3v) is 2.75. The molecule has 2 nitrogen and oxygen atoms in total. The molecule has 0 aliphatic carbocycles. The first-order chi connectivity index (χ1) is 5.64. The molecule has 0 bridgehead atoms. The van der Waals surface area contributed by atoms with Gasteiger partial charge in [0.25, 0.3) is 0 Å². The van der Waals surface area contributed by atoms with Crippen LogP contribution in [0.4, 0.5) is 0 Å². The summed E-state index contributed by atoms with van der Waals surface area (Å²) in [6.07, 6.45) is 2.55. The maximum absolute atomic E-state index is 3.58. The fourth-order valence-electron chi connectivity index (χ4n) is 1.68. The number of nitrogens with one attached hydrogen (secondary N) is 1. The molecule has 1 N–H and O–H groups in total. The van der Waals surface area contributed by atoms with Crippen LogP contribution in [-0.2, 0) is 0 Å². The second kappa shape index (κ2) is 4.24. The molecule has 0 atom stereocenters. The lowest BCUT2D eigenvalue weighted by molar-refractivity contribution is 0.212. The summed E-state index contributed by atoms with van der Waals surface area (Å²) < 4.78 is 0. The molecule has 1 fully saturated rings. The summed E-state index contributed by atoms with van der Waals surface area (Å²) in [6, 6.07) is 0. The van der Waals surface area contributed by atoms with Crippen molar-refractivity contribution in [2.45, 2.75) is 39.2 Å². The van der Waals surface area contributed by atoms with E-state index in [-0.39, 0.29) is 0 Å². The standard InChI is InChI=1S/C10H22N2/c1-4-12-8-5-7-11-10(2,3)6-9-12/h11H,4-9H2,1-3H3. The van der Waals surface area contributed by atoms with Crippen LogP contribution in [0.2, 0.25) is 0 Å². The Morgan fingerprint density at radius 2 is 2.08 bits per heavy atom. The van der Waals surface area contributed by atoms with Gasteiger partial charge in [0.15, 0.2) is 0 Å². The summed E-state index contributed by atoms with van der Waals surface area (Å²) in [7, 11) is 0. The molecular formula is C10H22N2. The summed E-state index contributed by atoms with van der Waals surface area (Å²) in [6.45, 7) is 11.7. The summed E-state index contributed by atoms with van der Waals surface area (Å²) in [5.41, 5.74) is 0.341. The SMILES string of the molecule is CCN1CCCNC(C)(C)CC1. The molecule has 1 aliphatic rings. The van der Waals surface area contributed by atoms with Gasteiger partial charge in [0.05, 0.1) is 0 Å². The second-order valence-electron chi connectivity index (χ2n) is 4.35. The van der Waals surface area contributed by atoms with Gasteiger partial charge in [-0.1, -0.05) is 6.92 Å². The summed E-state index contributed by atoms with van der Waals surface area (Å²) >= 11 is 0. The van der Waals surface area contributed by atoms with Crippen LogP contribution in [-0.4, -0.2) is 36.6 Å². The van der Waals surface area contributed by atoms with Gasteiger partial charge >= 0.3 is 0 Å². The first-order valence-electron chi connectivity index (χ1n) is 5.11. The van der Waals surface area contributed by atoms with E-state index >= 15 is 0 Å². The molecule has 2 heteroatoms. The van der Waals surface area contributed by atoms with Crippen LogP contribution in [0.1, 0.15) is 33.6 Å². The minimum Gasteiger partial charge on any atom is -0.312 e. The van der Waals surface area contributed by atoms with Gasteiger partial charge in [-0.3, -0.25) is 0 Å². The van der Waals surface area contributed by atoms with Crippen LogP contribution in [0.5, 0.6) is 0 Å². The minimum atomic E-state index is 0.341. The Bertz CT molecular complexity index is 132. The fourth-order valence-corrected chi connectivity index (χ4v) is 1.68. The van der Waals surface area contributed by atoms with Crippen molar-refractivity contribution in [2.24, 2.45) is 0 Å². The van der Waals surface area contributed by atoms with E-state index in [0.717, 1.165) is 0 Å². The van der Waals surface area contributed by atoms with Gasteiger partial charge in [-0.25, -0.2) is 0 Å². The average molecular weight is 170 g/mol. The van der Waals surface area contributed by atoms with Crippen LogP contribution in [0.3, 0.4) is 0 Å². The lowest BCUT2D eigenvalue weighted by atomic mass is 9.99. The molecule has 0 unspecified atom stereocenters. The van der Waals surface area contributed by atoms with Gasteiger partial charge in [0, 0.05) is 5.54 Å². The summed E-state index contributed by atoms with van der Waals surface area (Å²) in [5, 5.41) is 3.58. The Labute approximate surface area is 76.3 Å². The third-order valence-electron chi connectivity index (χ3n) is 2.75. The van der Waals surface area contributed by atoms with E-state index in [1.807, 2.05) is 0 Å². The molecule has 0 spiro atoms. The normalized spacial score (nSPS) is 26.2. The van der Waals surface area contributed by atoms with E-state index in [9.17, 15) is 0 Å². The highest BCUT2D eigenvalue weighted by Crippen LogP contribution is 2.11. The molecule has 0 aromatic carbocycles. The van der Waals surface area contributed by atoms with Crippen LogP contribution >= 0.6 is 0 Å². The predicted molar refractivity (Wildman–Crippen MR) is 53.4 cm³/mol. The van der Waals surface area contributed by atoms with Crippen LogP contribution in [0.25, 0.3) is 0 Å². The molecule has 1 saturated heterocycles. The summed E-state index contributed by atoms with van der Waals surface area (Å²) in [5.74, 6) is 0. The van der Waals surface area contributed by atoms with Crippen molar-refractivity contribution in [3.8, 4) is 0 Å². The first-order valence-corrected chi connectivity index (χ1v) is 5.11. The van der Waals surface area contributed by atoms with Crippen LogP contribution in [0.15, 0.2) is 0 Å². The summed E-state index contributed by atoms with van der Waals surface area (Å²) in [4.78, 5) is 2.54. The van der Waals surface area contributed by atoms with E-state index in [1.54, 1.807) is 0 Å². The number of rotatable bonds is 1. The van der Waals surface area contributed by atoms with E-state index in [4.69, 9.17) is 0 Å². The minimum absolute atomic E-state index is 0.341. The van der Waals surface area contributed by atoms with Crippen molar-refractivity contribution in [2.75, 3.05) is 26.2 Å². The van der Waals surface area contributed by atoms with Gasteiger partial charge in [0.2, 0.25) is 0 Å². The zero-order valence-corrected chi connectivity index (χ0v) is 8.69. The Hall–Kier alpha value is -0.0800. The van der Waals surface area contributed by atoms with E-state index in [2.05, 4.69) is 31.0 Å². The van der Waals surface area contributed by atoms with Crippen molar-refractivity contribution in [1.29, 1.82) is 0 Å². The molecule has 1 rings (SSSR count). The van der Waals surface area contributed by atoms with Crippen molar-refractivity contribution in [3.05, 3.63) is 0 Å². The van der Waals surface area contributed by atoms with Gasteiger partial charge in [-0.2, -0.15) is 0 Å². The van der Waals surface area contributed by atoms with E-state index < -0.39 is 0 Å². The zero-order chi connectivity index (χ0) is 9.03. The molecular weight excluding hydrogens is 148 g/mol. The predicted octanol–water partition coefficient (Wildman–Crippen LogP) is 1.47. The molecule has 0 aromatic rings. The number of hydrogen-bond donors (Lipinski definition) is 1. The average Bonchev–Trinajstić information content (AvgIpc) is 2.00. The Kier molecular flexibility index (Phi) is 3.53. The van der Waals surface area contributed by atoms with Crippen LogP contribution in [0, 0.1) is 0 Å². The fraction of sp³-hybridized carbons (Fsp3) is 1.00. The van der Waals surface area contributed by atoms with E-state index in [1.165, 1.54) is 39.0 Å². The number of hydrogen-bond acceptors (Lipinski definition) is 2. The molecule has 1 aliphatic heterocycles. The van der Waals surface area contributed by atoms with Crippen LogP contribution < -0.4 is 5.32 Å². The maximum Gasteiger partial charge on any atom is 0.0137 e. The Morgan fingerprint density at radius 1 is 1.33 bits per heavy atom. The van der Waals surface area contributed by atoms with Crippen molar-refractivity contribution in [1.82, 2.24) is 10.2 Å². The molecule has 72 valence electrons. The highest BCUT2D eigenvalue weighted by Gasteiger charge is 2.19. The van der Waals surface area contributed by atoms with Gasteiger partial charge in [-0.05, 0) is 52.9 Å². The Balaban J connectivity index is 2.39. The van der Waals surface area contributed by atoms with E-state index in [0.29, 0.717) is 5.54 Å². The lowest BCUT2D eigenvalue weighted by Gasteiger charge is -2.33. The lowest BCUT2D eigenvalue weighted by Crippen LogP contribution is -2.46. The third kappa shape index (κ3) is 3.11. The first kappa shape index (κ1) is 10.0. The van der Waals surface area contributed by atoms with Gasteiger partial charge < -0.3 is 10.2 Å².